The third-order valence-electron chi connectivity index (χ3n) is 5.83. The molecule has 1 unspecified atom stereocenters. The van der Waals surface area contributed by atoms with Gasteiger partial charge in [0.05, 0.1) is 4.90 Å². The first kappa shape index (κ1) is 21.8. The number of nitrogens with zero attached hydrogens (tertiary/aromatic N) is 2. The molecule has 3 aromatic carbocycles. The van der Waals surface area contributed by atoms with Gasteiger partial charge in [0.1, 0.15) is 6.04 Å². The van der Waals surface area contributed by atoms with Gasteiger partial charge in [-0.1, -0.05) is 54.1 Å². The maximum Gasteiger partial charge on any atom is 0.247 e. The van der Waals surface area contributed by atoms with Gasteiger partial charge in [-0.2, -0.15) is 4.72 Å². The van der Waals surface area contributed by atoms with Gasteiger partial charge < -0.3 is 4.42 Å². The van der Waals surface area contributed by atoms with Crippen LogP contribution in [0.25, 0.3) is 11.5 Å². The van der Waals surface area contributed by atoms with E-state index in [0.717, 1.165) is 36.8 Å². The summed E-state index contributed by atoms with van der Waals surface area (Å²) in [6, 6.07) is 20.7. The fraction of sp³-hybridized carbons (Fsp3) is 0.200. The van der Waals surface area contributed by atoms with E-state index < -0.39 is 16.1 Å². The largest absolute Gasteiger partial charge is 0.419 e. The second-order valence-electron chi connectivity index (χ2n) is 8.02. The Morgan fingerprint density at radius 2 is 1.61 bits per heavy atom. The number of halogens is 1. The van der Waals surface area contributed by atoms with E-state index in [-0.39, 0.29) is 10.8 Å². The zero-order valence-electron chi connectivity index (χ0n) is 17.7. The molecule has 33 heavy (non-hydrogen) atoms. The molecular weight excluding hydrogens is 458 g/mol. The first-order valence-corrected chi connectivity index (χ1v) is 12.6. The Kier molecular flexibility index (Phi) is 6.01. The van der Waals surface area contributed by atoms with Crippen LogP contribution < -0.4 is 4.72 Å². The van der Waals surface area contributed by atoms with Crippen LogP contribution in [0.2, 0.25) is 5.02 Å². The lowest BCUT2D eigenvalue weighted by molar-refractivity contribution is 0.464. The fourth-order valence-corrected chi connectivity index (χ4v) is 5.57. The van der Waals surface area contributed by atoms with Crippen LogP contribution in [0.3, 0.4) is 0 Å². The number of nitrogens with one attached hydrogen (secondary N) is 1. The van der Waals surface area contributed by atoms with Crippen LogP contribution in [-0.2, 0) is 22.9 Å². The average Bonchev–Trinajstić information content (AvgIpc) is 3.33. The van der Waals surface area contributed by atoms with Crippen LogP contribution in [0.4, 0.5) is 0 Å². The number of hydrogen-bond donors (Lipinski definition) is 1. The third-order valence-corrected chi connectivity index (χ3v) is 7.59. The maximum absolute atomic E-state index is 13.4. The van der Waals surface area contributed by atoms with E-state index in [1.54, 1.807) is 36.4 Å². The van der Waals surface area contributed by atoms with Gasteiger partial charge in [-0.15, -0.1) is 10.2 Å². The summed E-state index contributed by atoms with van der Waals surface area (Å²) in [5, 5.41) is 8.68. The van der Waals surface area contributed by atoms with Crippen molar-refractivity contribution in [1.29, 1.82) is 0 Å². The molecule has 5 rings (SSSR count). The summed E-state index contributed by atoms with van der Waals surface area (Å²) < 4.78 is 35.5. The van der Waals surface area contributed by atoms with Gasteiger partial charge in [-0.25, -0.2) is 8.42 Å². The first-order chi connectivity index (χ1) is 16.0. The van der Waals surface area contributed by atoms with Crippen LogP contribution >= 0.6 is 11.6 Å². The van der Waals surface area contributed by atoms with Crippen LogP contribution in [-0.4, -0.2) is 18.6 Å². The average molecular weight is 480 g/mol. The minimum absolute atomic E-state index is 0.114. The van der Waals surface area contributed by atoms with Crippen LogP contribution in [0.1, 0.15) is 41.5 Å². The summed E-state index contributed by atoms with van der Waals surface area (Å²) in [4.78, 5) is 0.211. The quantitative estimate of drug-likeness (QED) is 0.403. The molecule has 0 amide bonds. The molecule has 0 radical (unpaired) electrons. The number of hydrogen-bond acceptors (Lipinski definition) is 5. The molecule has 0 bridgehead atoms. The predicted molar refractivity (Wildman–Crippen MR) is 126 cm³/mol. The van der Waals surface area contributed by atoms with E-state index in [1.165, 1.54) is 5.56 Å². The molecule has 168 valence electrons. The van der Waals surface area contributed by atoms with Gasteiger partial charge in [-0.3, -0.25) is 0 Å². The highest BCUT2D eigenvalue weighted by molar-refractivity contribution is 7.89. The summed E-state index contributed by atoms with van der Waals surface area (Å²) in [6.07, 6.45) is 4.07. The Bertz CT molecular complexity index is 1390. The van der Waals surface area contributed by atoms with Gasteiger partial charge >= 0.3 is 0 Å². The van der Waals surface area contributed by atoms with Crippen molar-refractivity contribution in [3.05, 3.63) is 100 Å². The SMILES string of the molecule is O=S(=O)(NC(c1nnc(-c2ccccc2)o1)c1ccccc1Cl)c1ccc2c(c1)CCCC2. The maximum atomic E-state index is 13.4. The highest BCUT2D eigenvalue weighted by Gasteiger charge is 2.29. The molecule has 8 heteroatoms. The highest BCUT2D eigenvalue weighted by atomic mass is 35.5. The van der Waals surface area contributed by atoms with Gasteiger partial charge in [-0.05, 0) is 72.7 Å². The Morgan fingerprint density at radius 1 is 0.879 bits per heavy atom. The molecule has 1 aromatic heterocycles. The van der Waals surface area contributed by atoms with Crippen molar-refractivity contribution in [2.24, 2.45) is 0 Å². The lowest BCUT2D eigenvalue weighted by Gasteiger charge is -2.19. The molecule has 1 heterocycles. The van der Waals surface area contributed by atoms with Crippen molar-refractivity contribution < 1.29 is 12.8 Å². The molecular formula is C25H22ClN3O3S. The monoisotopic (exact) mass is 479 g/mol. The van der Waals surface area contributed by atoms with Crippen LogP contribution in [0.15, 0.2) is 82.1 Å². The molecule has 1 aliphatic rings. The van der Waals surface area contributed by atoms with Crippen molar-refractivity contribution >= 4 is 21.6 Å². The van der Waals surface area contributed by atoms with Crippen LogP contribution in [0.5, 0.6) is 0 Å². The van der Waals surface area contributed by atoms with E-state index in [2.05, 4.69) is 14.9 Å². The molecule has 0 aliphatic heterocycles. The molecule has 1 N–H and O–H groups in total. The zero-order chi connectivity index (χ0) is 22.8. The number of fused-ring (bicyclic) bond motifs is 1. The summed E-state index contributed by atoms with van der Waals surface area (Å²) in [5.74, 6) is 0.416. The number of benzene rings is 3. The van der Waals surface area contributed by atoms with E-state index >= 15 is 0 Å². The normalized spacial score (nSPS) is 14.6. The topological polar surface area (TPSA) is 85.1 Å². The van der Waals surface area contributed by atoms with Gasteiger partial charge in [0.25, 0.3) is 0 Å². The lowest BCUT2D eigenvalue weighted by atomic mass is 9.92. The van der Waals surface area contributed by atoms with Crippen LogP contribution in [0, 0.1) is 0 Å². The van der Waals surface area contributed by atoms with Crippen molar-refractivity contribution in [1.82, 2.24) is 14.9 Å². The smallest absolute Gasteiger partial charge is 0.247 e. The van der Waals surface area contributed by atoms with Gasteiger partial charge in [0.2, 0.25) is 21.8 Å². The minimum Gasteiger partial charge on any atom is -0.419 e. The highest BCUT2D eigenvalue weighted by Crippen LogP contribution is 2.31. The van der Waals surface area contributed by atoms with E-state index in [0.29, 0.717) is 16.5 Å². The van der Waals surface area contributed by atoms with Crippen molar-refractivity contribution in [3.8, 4) is 11.5 Å². The summed E-state index contributed by atoms with van der Waals surface area (Å²) >= 11 is 6.44. The molecule has 1 aliphatic carbocycles. The number of aryl methyl sites for hydroxylation is 2. The summed E-state index contributed by atoms with van der Waals surface area (Å²) in [7, 11) is -3.90. The molecule has 4 aromatic rings. The Labute approximate surface area is 197 Å². The summed E-state index contributed by atoms with van der Waals surface area (Å²) in [5.41, 5.74) is 3.57. The second-order valence-corrected chi connectivity index (χ2v) is 10.1. The number of aromatic nitrogens is 2. The molecule has 0 fully saturated rings. The van der Waals surface area contributed by atoms with E-state index in [1.807, 2.05) is 36.4 Å². The predicted octanol–water partition coefficient (Wildman–Crippen LogP) is 5.34. The zero-order valence-corrected chi connectivity index (χ0v) is 19.3. The standard InChI is InChI=1S/C25H22ClN3O3S/c26-22-13-7-6-12-21(22)23(25-28-27-24(32-25)18-9-2-1-3-10-18)29-33(30,31)20-15-14-17-8-4-5-11-19(17)16-20/h1-3,6-7,9-10,12-16,23,29H,4-5,8,11H2. The molecule has 0 spiro atoms. The van der Waals surface area contributed by atoms with Gasteiger partial charge in [0, 0.05) is 10.6 Å². The number of sulfonamides is 1. The van der Waals surface area contributed by atoms with E-state index in [4.69, 9.17) is 16.0 Å². The first-order valence-electron chi connectivity index (χ1n) is 10.8. The van der Waals surface area contributed by atoms with Crippen molar-refractivity contribution in [2.45, 2.75) is 36.6 Å². The molecule has 0 saturated carbocycles. The Balaban J connectivity index is 1.53. The Morgan fingerprint density at radius 3 is 2.39 bits per heavy atom. The molecule has 1 atom stereocenters. The Hall–Kier alpha value is -3.00. The third kappa shape index (κ3) is 4.57. The van der Waals surface area contributed by atoms with Crippen molar-refractivity contribution in [2.75, 3.05) is 0 Å². The lowest BCUT2D eigenvalue weighted by Crippen LogP contribution is -2.30. The summed E-state index contributed by atoms with van der Waals surface area (Å²) in [6.45, 7) is 0. The van der Waals surface area contributed by atoms with Crippen molar-refractivity contribution in [3.63, 3.8) is 0 Å². The fourth-order valence-electron chi connectivity index (χ4n) is 4.10. The molecule has 6 nitrogen and oxygen atoms in total. The van der Waals surface area contributed by atoms with E-state index in [9.17, 15) is 8.42 Å². The number of rotatable bonds is 6. The molecule has 0 saturated heterocycles. The van der Waals surface area contributed by atoms with Gasteiger partial charge in [0.15, 0.2) is 0 Å². The minimum atomic E-state index is -3.90. The second kappa shape index (κ2) is 9.09.